The number of carboxylic acid groups (broad SMARTS) is 1. The molecule has 0 saturated carbocycles. The average molecular weight is 232 g/mol. The highest BCUT2D eigenvalue weighted by Gasteiger charge is 2.19. The Bertz CT molecular complexity index is 267. The maximum absolute atomic E-state index is 11.1. The van der Waals surface area contributed by atoms with Crippen molar-refractivity contribution in [2.75, 3.05) is 6.54 Å². The lowest BCUT2D eigenvalue weighted by Crippen LogP contribution is -2.34. The number of carbonyl (C=O) groups excluding carboxylic acids is 2. The number of carbonyl (C=O) groups is 3. The molecule has 16 heavy (non-hydrogen) atoms. The topological polar surface area (TPSA) is 133 Å². The molecule has 0 saturated heterocycles. The van der Waals surface area contributed by atoms with E-state index in [0.29, 0.717) is 13.0 Å². The highest BCUT2D eigenvalue weighted by molar-refractivity contribution is 5.88. The molecule has 0 aliphatic carbocycles. The third-order valence-corrected chi connectivity index (χ3v) is 1.77. The molecule has 5 N–H and O–H groups in total. The van der Waals surface area contributed by atoms with Gasteiger partial charge in [-0.3, -0.25) is 9.59 Å². The van der Waals surface area contributed by atoms with Crippen LogP contribution in [-0.4, -0.2) is 35.6 Å². The number of rotatable bonds is 7. The van der Waals surface area contributed by atoms with Crippen LogP contribution in [-0.2, 0) is 19.1 Å². The van der Waals surface area contributed by atoms with Crippen molar-refractivity contribution >= 4 is 17.9 Å². The molecule has 0 rings (SSSR count). The molecule has 1 unspecified atom stereocenters. The number of carboxylic acids is 1. The Labute approximate surface area is 92.7 Å². The van der Waals surface area contributed by atoms with Gasteiger partial charge in [-0.2, -0.15) is 0 Å². The van der Waals surface area contributed by atoms with Crippen molar-refractivity contribution in [3.63, 3.8) is 0 Å². The van der Waals surface area contributed by atoms with Gasteiger partial charge >= 0.3 is 17.9 Å². The van der Waals surface area contributed by atoms with E-state index in [1.165, 1.54) is 0 Å². The molecule has 1 atom stereocenters. The molecule has 0 radical (unpaired) electrons. The standard InChI is InChI=1S/C9H16N2O5/c10-5-1-2-8(14)16-9(15)6(11)3-4-7(12)13/h6H,1-5,10-11H2,(H,12,13). The van der Waals surface area contributed by atoms with Crippen molar-refractivity contribution in [3.8, 4) is 0 Å². The van der Waals surface area contributed by atoms with E-state index in [-0.39, 0.29) is 19.3 Å². The molecule has 0 fully saturated rings. The van der Waals surface area contributed by atoms with E-state index in [9.17, 15) is 14.4 Å². The van der Waals surface area contributed by atoms with E-state index in [1.807, 2.05) is 0 Å². The summed E-state index contributed by atoms with van der Waals surface area (Å²) in [5, 5.41) is 8.35. The molecular formula is C9H16N2O5. The zero-order chi connectivity index (χ0) is 12.6. The summed E-state index contributed by atoms with van der Waals surface area (Å²) in [6.45, 7) is 0.328. The zero-order valence-corrected chi connectivity index (χ0v) is 8.85. The first-order chi connectivity index (χ1) is 7.47. The van der Waals surface area contributed by atoms with Crippen molar-refractivity contribution in [2.45, 2.75) is 31.7 Å². The van der Waals surface area contributed by atoms with Crippen LogP contribution < -0.4 is 11.5 Å². The van der Waals surface area contributed by atoms with Crippen molar-refractivity contribution in [1.29, 1.82) is 0 Å². The fourth-order valence-corrected chi connectivity index (χ4v) is 0.882. The molecule has 0 aliphatic heterocycles. The summed E-state index contributed by atoms with van der Waals surface area (Å²) >= 11 is 0. The molecule has 0 aliphatic rings. The first kappa shape index (κ1) is 14.5. The number of esters is 2. The SMILES string of the molecule is NCCCC(=O)OC(=O)C(N)CCC(=O)O. The Morgan fingerprint density at radius 2 is 1.88 bits per heavy atom. The minimum Gasteiger partial charge on any atom is -0.481 e. The van der Waals surface area contributed by atoms with Crippen LogP contribution in [0.2, 0.25) is 0 Å². The minimum absolute atomic E-state index is 0.0495. The largest absolute Gasteiger partial charge is 0.481 e. The van der Waals surface area contributed by atoms with Gasteiger partial charge in [0.05, 0.1) is 0 Å². The number of aliphatic carboxylic acids is 1. The normalized spacial score (nSPS) is 11.9. The Morgan fingerprint density at radius 1 is 1.25 bits per heavy atom. The van der Waals surface area contributed by atoms with Crippen LogP contribution >= 0.6 is 0 Å². The maximum atomic E-state index is 11.1. The van der Waals surface area contributed by atoms with Gasteiger partial charge in [0.1, 0.15) is 6.04 Å². The number of hydrogen-bond donors (Lipinski definition) is 3. The van der Waals surface area contributed by atoms with Gasteiger partial charge in [0.2, 0.25) is 0 Å². The fraction of sp³-hybridized carbons (Fsp3) is 0.667. The molecule has 0 aromatic carbocycles. The second-order valence-corrected chi connectivity index (χ2v) is 3.22. The quantitative estimate of drug-likeness (QED) is 0.378. The Balaban J connectivity index is 3.86. The van der Waals surface area contributed by atoms with E-state index >= 15 is 0 Å². The van der Waals surface area contributed by atoms with E-state index in [1.54, 1.807) is 0 Å². The Hall–Kier alpha value is -1.47. The number of nitrogens with two attached hydrogens (primary N) is 2. The third-order valence-electron chi connectivity index (χ3n) is 1.77. The van der Waals surface area contributed by atoms with Gasteiger partial charge < -0.3 is 21.3 Å². The molecule has 0 bridgehead atoms. The van der Waals surface area contributed by atoms with E-state index in [4.69, 9.17) is 16.6 Å². The van der Waals surface area contributed by atoms with Gasteiger partial charge in [-0.05, 0) is 19.4 Å². The van der Waals surface area contributed by atoms with Gasteiger partial charge in [-0.1, -0.05) is 0 Å². The summed E-state index contributed by atoms with van der Waals surface area (Å²) in [4.78, 5) is 32.3. The highest BCUT2D eigenvalue weighted by atomic mass is 16.6. The van der Waals surface area contributed by atoms with Gasteiger partial charge in [-0.25, -0.2) is 4.79 Å². The van der Waals surface area contributed by atoms with Crippen LogP contribution in [0.1, 0.15) is 25.7 Å². The van der Waals surface area contributed by atoms with Crippen molar-refractivity contribution in [1.82, 2.24) is 0 Å². The lowest BCUT2D eigenvalue weighted by atomic mass is 10.2. The molecule has 0 heterocycles. The summed E-state index contributed by atoms with van der Waals surface area (Å²) < 4.78 is 4.40. The summed E-state index contributed by atoms with van der Waals surface area (Å²) in [5.74, 6) is -2.65. The smallest absolute Gasteiger partial charge is 0.330 e. The van der Waals surface area contributed by atoms with Crippen LogP contribution in [0.25, 0.3) is 0 Å². The summed E-state index contributed by atoms with van der Waals surface area (Å²) in [7, 11) is 0. The monoisotopic (exact) mass is 232 g/mol. The lowest BCUT2D eigenvalue weighted by Gasteiger charge is -2.08. The Morgan fingerprint density at radius 3 is 2.38 bits per heavy atom. The maximum Gasteiger partial charge on any atom is 0.330 e. The fourth-order valence-electron chi connectivity index (χ4n) is 0.882. The van der Waals surface area contributed by atoms with Gasteiger partial charge in [0.15, 0.2) is 0 Å². The molecule has 0 aromatic rings. The van der Waals surface area contributed by atoms with Crippen LogP contribution in [0.15, 0.2) is 0 Å². The molecule has 7 heteroatoms. The van der Waals surface area contributed by atoms with E-state index < -0.39 is 23.9 Å². The molecular weight excluding hydrogens is 216 g/mol. The van der Waals surface area contributed by atoms with Crippen molar-refractivity contribution < 1.29 is 24.2 Å². The van der Waals surface area contributed by atoms with Crippen LogP contribution in [0.4, 0.5) is 0 Å². The van der Waals surface area contributed by atoms with Crippen molar-refractivity contribution in [3.05, 3.63) is 0 Å². The lowest BCUT2D eigenvalue weighted by molar-refractivity contribution is -0.160. The average Bonchev–Trinajstić information content (AvgIpc) is 2.22. The first-order valence-electron chi connectivity index (χ1n) is 4.89. The van der Waals surface area contributed by atoms with Crippen LogP contribution in [0.3, 0.4) is 0 Å². The second kappa shape index (κ2) is 7.77. The van der Waals surface area contributed by atoms with E-state index in [2.05, 4.69) is 4.74 Å². The second-order valence-electron chi connectivity index (χ2n) is 3.22. The van der Waals surface area contributed by atoms with Crippen molar-refractivity contribution in [2.24, 2.45) is 11.5 Å². The van der Waals surface area contributed by atoms with Gasteiger partial charge in [-0.15, -0.1) is 0 Å². The molecule has 0 spiro atoms. The predicted octanol–water partition coefficient (Wildman–Crippen LogP) is -1.01. The molecule has 0 aromatic heterocycles. The van der Waals surface area contributed by atoms with Gasteiger partial charge in [0.25, 0.3) is 0 Å². The Kier molecular flexibility index (Phi) is 7.06. The first-order valence-corrected chi connectivity index (χ1v) is 4.89. The molecule has 92 valence electrons. The molecule has 0 amide bonds. The minimum atomic E-state index is -1.09. The summed E-state index contributed by atoms with van der Waals surface area (Å²) in [6.07, 6.45) is 0.177. The predicted molar refractivity (Wildman–Crippen MR) is 54.2 cm³/mol. The highest BCUT2D eigenvalue weighted by Crippen LogP contribution is 1.99. The zero-order valence-electron chi connectivity index (χ0n) is 8.85. The summed E-state index contributed by atoms with van der Waals surface area (Å²) in [5.41, 5.74) is 10.5. The third kappa shape index (κ3) is 6.91. The number of ether oxygens (including phenoxy) is 1. The number of hydrogen-bond acceptors (Lipinski definition) is 6. The molecule has 7 nitrogen and oxygen atoms in total. The van der Waals surface area contributed by atoms with Crippen LogP contribution in [0, 0.1) is 0 Å². The van der Waals surface area contributed by atoms with Crippen LogP contribution in [0.5, 0.6) is 0 Å². The van der Waals surface area contributed by atoms with E-state index in [0.717, 1.165) is 0 Å². The summed E-state index contributed by atoms with van der Waals surface area (Å²) in [6, 6.07) is -1.09. The van der Waals surface area contributed by atoms with Gasteiger partial charge in [0, 0.05) is 12.8 Å².